The van der Waals surface area contributed by atoms with Crippen LogP contribution in [-0.4, -0.2) is 10.8 Å². The van der Waals surface area contributed by atoms with Gasteiger partial charge in [-0.05, 0) is 24.3 Å². The topological polar surface area (TPSA) is 58.9 Å². The number of hydrogen-bond acceptors (Lipinski definition) is 2. The molecule has 0 aliphatic heterocycles. The number of carbonyl (C=O) groups excluding carboxylic acids is 1. The normalized spacial score (nSPS) is 10.9. The largest absolute Gasteiger partial charge is 0.398 e. The molecule has 0 aliphatic carbocycles. The van der Waals surface area contributed by atoms with Gasteiger partial charge in [0.25, 0.3) is 0 Å². The zero-order chi connectivity index (χ0) is 14.3. The van der Waals surface area contributed by atoms with Gasteiger partial charge in [0.05, 0.1) is 10.5 Å². The van der Waals surface area contributed by atoms with Gasteiger partial charge in [0.1, 0.15) is 5.82 Å². The first kappa shape index (κ1) is 12.7. The van der Waals surface area contributed by atoms with Crippen LogP contribution in [0.15, 0.2) is 42.6 Å². The molecule has 0 amide bonds. The van der Waals surface area contributed by atoms with Gasteiger partial charge in [-0.15, -0.1) is 0 Å². The number of nitrogens with one attached hydrogen (secondary N) is 1. The number of nitrogens with two attached hydrogens (primary N) is 1. The summed E-state index contributed by atoms with van der Waals surface area (Å²) in [5.41, 5.74) is 7.24. The predicted octanol–water partition coefficient (Wildman–Crippen LogP) is 3.77. The lowest BCUT2D eigenvalue weighted by atomic mass is 10.0. The van der Waals surface area contributed by atoms with Crippen molar-refractivity contribution >= 4 is 34.0 Å². The molecule has 3 aromatic rings. The number of anilines is 1. The molecule has 2 aromatic carbocycles. The monoisotopic (exact) mass is 288 g/mol. The molecule has 0 bridgehead atoms. The SMILES string of the molecule is Nc1cc(F)ccc1C(=O)c1c[nH]c2c(Cl)cccc12. The molecule has 20 heavy (non-hydrogen) atoms. The Morgan fingerprint density at radius 2 is 2.00 bits per heavy atom. The summed E-state index contributed by atoms with van der Waals surface area (Å²) in [5, 5.41) is 1.25. The van der Waals surface area contributed by atoms with E-state index in [9.17, 15) is 9.18 Å². The third kappa shape index (κ3) is 1.94. The first-order valence-electron chi connectivity index (χ1n) is 5.93. The predicted molar refractivity (Wildman–Crippen MR) is 77.6 cm³/mol. The van der Waals surface area contributed by atoms with Crippen molar-refractivity contribution in [3.05, 3.63) is 64.6 Å². The van der Waals surface area contributed by atoms with E-state index in [2.05, 4.69) is 4.98 Å². The van der Waals surface area contributed by atoms with Crippen molar-refractivity contribution in [1.29, 1.82) is 0 Å². The van der Waals surface area contributed by atoms with E-state index in [0.717, 1.165) is 6.07 Å². The number of aromatic amines is 1. The second-order valence-electron chi connectivity index (χ2n) is 4.43. The molecule has 100 valence electrons. The Hall–Kier alpha value is -2.33. The minimum Gasteiger partial charge on any atom is -0.398 e. The Bertz CT molecular complexity index is 826. The van der Waals surface area contributed by atoms with Gasteiger partial charge in [-0.1, -0.05) is 23.7 Å². The van der Waals surface area contributed by atoms with Crippen molar-refractivity contribution < 1.29 is 9.18 Å². The van der Waals surface area contributed by atoms with Crippen LogP contribution in [0.5, 0.6) is 0 Å². The fraction of sp³-hybridized carbons (Fsp3) is 0. The standard InChI is InChI=1S/C15H10ClFN2O/c16-12-3-1-2-9-11(7-19-14(9)12)15(20)10-5-4-8(17)6-13(10)18/h1-7,19H,18H2. The first-order valence-corrected chi connectivity index (χ1v) is 6.31. The number of H-pyrrole nitrogens is 1. The van der Waals surface area contributed by atoms with Gasteiger partial charge in [0.2, 0.25) is 0 Å². The lowest BCUT2D eigenvalue weighted by Gasteiger charge is -2.04. The minimum absolute atomic E-state index is 0.117. The maximum atomic E-state index is 13.0. The average molecular weight is 289 g/mol. The van der Waals surface area contributed by atoms with Crippen molar-refractivity contribution in [3.8, 4) is 0 Å². The zero-order valence-electron chi connectivity index (χ0n) is 10.3. The molecular formula is C15H10ClFN2O. The Morgan fingerprint density at radius 3 is 2.75 bits per heavy atom. The second kappa shape index (κ2) is 4.65. The van der Waals surface area contributed by atoms with E-state index in [1.807, 2.05) is 0 Å². The second-order valence-corrected chi connectivity index (χ2v) is 4.83. The summed E-state index contributed by atoms with van der Waals surface area (Å²) in [5.74, 6) is -0.739. The number of hydrogen-bond donors (Lipinski definition) is 2. The third-order valence-corrected chi connectivity index (χ3v) is 3.48. The van der Waals surface area contributed by atoms with E-state index < -0.39 is 5.82 Å². The van der Waals surface area contributed by atoms with Crippen LogP contribution in [0.25, 0.3) is 10.9 Å². The van der Waals surface area contributed by atoms with Crippen molar-refractivity contribution in [3.63, 3.8) is 0 Å². The fourth-order valence-corrected chi connectivity index (χ4v) is 2.42. The quantitative estimate of drug-likeness (QED) is 0.557. The maximum absolute atomic E-state index is 13.0. The van der Waals surface area contributed by atoms with Crippen molar-refractivity contribution in [1.82, 2.24) is 4.98 Å². The smallest absolute Gasteiger partial charge is 0.197 e. The first-order chi connectivity index (χ1) is 9.58. The molecule has 5 heteroatoms. The summed E-state index contributed by atoms with van der Waals surface area (Å²) in [7, 11) is 0. The van der Waals surface area contributed by atoms with Crippen LogP contribution in [0.1, 0.15) is 15.9 Å². The lowest BCUT2D eigenvalue weighted by molar-refractivity contribution is 0.104. The highest BCUT2D eigenvalue weighted by Gasteiger charge is 2.17. The van der Waals surface area contributed by atoms with E-state index in [1.54, 1.807) is 24.4 Å². The molecule has 1 heterocycles. The number of ketones is 1. The number of carbonyl (C=O) groups is 1. The molecule has 1 aromatic heterocycles. The van der Waals surface area contributed by atoms with Gasteiger partial charge in [0.15, 0.2) is 5.78 Å². The van der Waals surface area contributed by atoms with Gasteiger partial charge in [-0.25, -0.2) is 4.39 Å². The molecular weight excluding hydrogens is 279 g/mol. The molecule has 3 rings (SSSR count). The van der Waals surface area contributed by atoms with Gasteiger partial charge in [0, 0.05) is 28.4 Å². The number of aromatic nitrogens is 1. The van der Waals surface area contributed by atoms with E-state index in [4.69, 9.17) is 17.3 Å². The van der Waals surface area contributed by atoms with Crippen LogP contribution in [-0.2, 0) is 0 Å². The lowest BCUT2D eigenvalue weighted by Crippen LogP contribution is -2.05. The highest BCUT2D eigenvalue weighted by atomic mass is 35.5. The summed E-state index contributed by atoms with van der Waals surface area (Å²) >= 11 is 6.06. The van der Waals surface area contributed by atoms with Gasteiger partial charge in [-0.2, -0.15) is 0 Å². The van der Waals surface area contributed by atoms with E-state index in [-0.39, 0.29) is 17.0 Å². The van der Waals surface area contributed by atoms with Crippen LogP contribution in [0.4, 0.5) is 10.1 Å². The van der Waals surface area contributed by atoms with E-state index in [1.165, 1.54) is 12.1 Å². The maximum Gasteiger partial charge on any atom is 0.197 e. The summed E-state index contributed by atoms with van der Waals surface area (Å²) in [6, 6.07) is 9.03. The van der Waals surface area contributed by atoms with Crippen LogP contribution in [0, 0.1) is 5.82 Å². The third-order valence-electron chi connectivity index (χ3n) is 3.17. The average Bonchev–Trinajstić information content (AvgIpc) is 2.83. The molecule has 0 radical (unpaired) electrons. The number of para-hydroxylation sites is 1. The molecule has 3 N–H and O–H groups in total. The highest BCUT2D eigenvalue weighted by Crippen LogP contribution is 2.28. The van der Waals surface area contributed by atoms with Crippen LogP contribution in [0.2, 0.25) is 5.02 Å². The van der Waals surface area contributed by atoms with Crippen molar-refractivity contribution in [2.45, 2.75) is 0 Å². The Morgan fingerprint density at radius 1 is 1.20 bits per heavy atom. The molecule has 0 atom stereocenters. The van der Waals surface area contributed by atoms with Crippen LogP contribution < -0.4 is 5.73 Å². The number of rotatable bonds is 2. The summed E-state index contributed by atoms with van der Waals surface area (Å²) in [6.45, 7) is 0. The van der Waals surface area contributed by atoms with Crippen molar-refractivity contribution in [2.75, 3.05) is 5.73 Å². The zero-order valence-corrected chi connectivity index (χ0v) is 11.0. The Kier molecular flexibility index (Phi) is 2.95. The van der Waals surface area contributed by atoms with Crippen molar-refractivity contribution in [2.24, 2.45) is 0 Å². The number of nitrogen functional groups attached to an aromatic ring is 1. The number of halogens is 2. The molecule has 0 saturated heterocycles. The molecule has 0 spiro atoms. The highest BCUT2D eigenvalue weighted by molar-refractivity contribution is 6.36. The molecule has 0 aliphatic rings. The summed E-state index contributed by atoms with van der Waals surface area (Å²) in [6.07, 6.45) is 1.58. The molecule has 3 nitrogen and oxygen atoms in total. The molecule has 0 fully saturated rings. The number of benzene rings is 2. The van der Waals surface area contributed by atoms with Gasteiger partial charge < -0.3 is 10.7 Å². The van der Waals surface area contributed by atoms with E-state index >= 15 is 0 Å². The number of fused-ring (bicyclic) bond motifs is 1. The van der Waals surface area contributed by atoms with E-state index in [0.29, 0.717) is 21.5 Å². The van der Waals surface area contributed by atoms with Crippen LogP contribution in [0.3, 0.4) is 0 Å². The minimum atomic E-state index is -0.471. The molecule has 0 unspecified atom stereocenters. The Labute approximate surface area is 119 Å². The summed E-state index contributed by atoms with van der Waals surface area (Å²) < 4.78 is 13.0. The van der Waals surface area contributed by atoms with Gasteiger partial charge >= 0.3 is 0 Å². The fourth-order valence-electron chi connectivity index (χ4n) is 2.19. The molecule has 0 saturated carbocycles. The van der Waals surface area contributed by atoms with Gasteiger partial charge in [-0.3, -0.25) is 4.79 Å². The summed E-state index contributed by atoms with van der Waals surface area (Å²) in [4.78, 5) is 15.5. The Balaban J connectivity index is 2.16. The van der Waals surface area contributed by atoms with Crippen LogP contribution >= 0.6 is 11.6 Å².